The molecule has 0 amide bonds. The van der Waals surface area contributed by atoms with Gasteiger partial charge in [0.2, 0.25) is 18.1 Å². The second kappa shape index (κ2) is 8.25. The summed E-state index contributed by atoms with van der Waals surface area (Å²) >= 11 is 0. The van der Waals surface area contributed by atoms with Gasteiger partial charge in [0, 0.05) is 0 Å². The van der Waals surface area contributed by atoms with E-state index >= 15 is 0 Å². The van der Waals surface area contributed by atoms with E-state index in [0.29, 0.717) is 9.76 Å². The third kappa shape index (κ3) is 5.58. The Morgan fingerprint density at radius 2 is 1.08 bits per heavy atom. The lowest BCUT2D eigenvalue weighted by Gasteiger charge is -2.40. The predicted molar refractivity (Wildman–Crippen MR) is 114 cm³/mol. The van der Waals surface area contributed by atoms with Crippen LogP contribution >= 0.6 is 0 Å². The summed E-state index contributed by atoms with van der Waals surface area (Å²) in [5.41, 5.74) is 0. The van der Waals surface area contributed by atoms with Crippen molar-refractivity contribution in [2.45, 2.75) is 39.3 Å². The first kappa shape index (κ1) is 20.5. The van der Waals surface area contributed by atoms with Crippen LogP contribution in [0.3, 0.4) is 0 Å². The Hall–Kier alpha value is -0.812. The van der Waals surface area contributed by atoms with Crippen molar-refractivity contribution in [1.29, 1.82) is 0 Å². The first-order valence-corrected chi connectivity index (χ1v) is 18.0. The van der Waals surface area contributed by atoms with Gasteiger partial charge in [0.05, 0.1) is 0 Å². The molecule has 0 bridgehead atoms. The predicted octanol–water partition coefficient (Wildman–Crippen LogP) is 3.50. The smallest absolute Gasteiger partial charge is 0.313 e. The van der Waals surface area contributed by atoms with Gasteiger partial charge >= 0.3 is 17.1 Å². The Morgan fingerprint density at radius 1 is 0.640 bits per heavy atom. The minimum atomic E-state index is -2.37. The van der Waals surface area contributed by atoms with Gasteiger partial charge in [-0.25, -0.2) is 0 Å². The minimum absolute atomic E-state index is 0.444. The van der Waals surface area contributed by atoms with Gasteiger partial charge in [-0.05, 0) is 49.7 Å². The number of rotatable bonds is 8. The highest BCUT2D eigenvalue weighted by Crippen LogP contribution is 2.21. The lowest BCUT2D eigenvalue weighted by molar-refractivity contribution is 0.341. The Labute approximate surface area is 157 Å². The number of benzene rings is 2. The van der Waals surface area contributed by atoms with Gasteiger partial charge in [0.25, 0.3) is 0 Å². The van der Waals surface area contributed by atoms with E-state index in [0.717, 1.165) is 0 Å². The molecule has 2 aromatic carbocycles. The average Bonchev–Trinajstić information content (AvgIpc) is 2.54. The Bertz CT molecular complexity index is 623. The van der Waals surface area contributed by atoms with Crippen molar-refractivity contribution in [3.8, 4) is 0 Å². The highest BCUT2D eigenvalue weighted by atomic mass is 28.5. The third-order valence-electron chi connectivity index (χ3n) is 3.94. The normalized spacial score (nSPS) is 13.0. The van der Waals surface area contributed by atoms with Crippen LogP contribution in [-0.4, -0.2) is 35.2 Å². The van der Waals surface area contributed by atoms with Gasteiger partial charge in [-0.2, -0.15) is 0 Å². The fourth-order valence-corrected chi connectivity index (χ4v) is 17.8. The molecule has 7 heteroatoms. The molecule has 2 aromatic rings. The van der Waals surface area contributed by atoms with E-state index in [4.69, 9.17) is 12.3 Å². The SMILES string of the molecule is C[Si]O[Si](C)(C)O[Si](C)(C)O[Si](C)(c1ccccc1)c1ccccc1. The van der Waals surface area contributed by atoms with Crippen LogP contribution in [-0.2, 0) is 12.3 Å². The topological polar surface area (TPSA) is 27.7 Å². The van der Waals surface area contributed by atoms with Crippen molar-refractivity contribution in [2.75, 3.05) is 0 Å². The lowest BCUT2D eigenvalue weighted by atomic mass is 10.4. The zero-order chi connectivity index (χ0) is 18.6. The van der Waals surface area contributed by atoms with Crippen LogP contribution < -0.4 is 10.4 Å². The second-order valence-corrected chi connectivity index (χ2v) is 18.8. The van der Waals surface area contributed by atoms with Crippen LogP contribution in [0.2, 0.25) is 39.3 Å². The molecule has 0 aliphatic rings. The van der Waals surface area contributed by atoms with E-state index in [1.807, 2.05) is 6.55 Å². The molecule has 0 saturated carbocycles. The molecule has 0 aliphatic carbocycles. The van der Waals surface area contributed by atoms with E-state index in [2.05, 4.69) is 93.4 Å². The molecule has 25 heavy (non-hydrogen) atoms. The fourth-order valence-electron chi connectivity index (χ4n) is 3.17. The van der Waals surface area contributed by atoms with E-state index < -0.39 is 25.4 Å². The maximum Gasteiger partial charge on any atom is 0.313 e. The zero-order valence-electron chi connectivity index (χ0n) is 16.0. The van der Waals surface area contributed by atoms with E-state index in [9.17, 15) is 0 Å². The minimum Gasteiger partial charge on any atom is -0.437 e. The molecule has 0 aliphatic heterocycles. The highest BCUT2D eigenvalue weighted by Gasteiger charge is 2.44. The summed E-state index contributed by atoms with van der Waals surface area (Å²) in [7, 11) is -6.45. The molecule has 0 atom stereocenters. The van der Waals surface area contributed by atoms with Crippen LogP contribution in [0.1, 0.15) is 0 Å². The van der Waals surface area contributed by atoms with Gasteiger partial charge in [-0.3, -0.25) is 0 Å². The Balaban J connectivity index is 2.37. The molecule has 0 saturated heterocycles. The van der Waals surface area contributed by atoms with Gasteiger partial charge in [0.15, 0.2) is 0 Å². The van der Waals surface area contributed by atoms with Crippen molar-refractivity contribution in [2.24, 2.45) is 0 Å². The largest absolute Gasteiger partial charge is 0.437 e. The molecule has 0 heterocycles. The highest BCUT2D eigenvalue weighted by molar-refractivity contribution is 7.01. The molecular weight excluding hydrogens is 377 g/mol. The van der Waals surface area contributed by atoms with Crippen LogP contribution in [0.15, 0.2) is 60.7 Å². The van der Waals surface area contributed by atoms with Crippen molar-refractivity contribution in [3.63, 3.8) is 0 Å². The van der Waals surface area contributed by atoms with Crippen molar-refractivity contribution in [1.82, 2.24) is 0 Å². The van der Waals surface area contributed by atoms with Gasteiger partial charge in [-0.15, -0.1) is 0 Å². The first-order chi connectivity index (χ1) is 11.7. The lowest BCUT2D eigenvalue weighted by Crippen LogP contribution is -2.65. The molecule has 2 rings (SSSR count). The average molecular weight is 405 g/mol. The van der Waals surface area contributed by atoms with E-state index in [1.165, 1.54) is 10.4 Å². The van der Waals surface area contributed by atoms with Gasteiger partial charge < -0.3 is 12.3 Å². The van der Waals surface area contributed by atoms with Crippen molar-refractivity contribution >= 4 is 45.6 Å². The monoisotopic (exact) mass is 404 g/mol. The molecule has 3 nitrogen and oxygen atoms in total. The molecule has 0 aromatic heterocycles. The van der Waals surface area contributed by atoms with Gasteiger partial charge in [0.1, 0.15) is 0 Å². The molecule has 0 N–H and O–H groups in total. The molecule has 0 fully saturated rings. The van der Waals surface area contributed by atoms with Crippen molar-refractivity contribution in [3.05, 3.63) is 60.7 Å². The Morgan fingerprint density at radius 3 is 1.48 bits per heavy atom. The maximum atomic E-state index is 6.89. The van der Waals surface area contributed by atoms with Crippen molar-refractivity contribution < 1.29 is 12.3 Å². The quantitative estimate of drug-likeness (QED) is 0.630. The zero-order valence-corrected chi connectivity index (χ0v) is 20.0. The van der Waals surface area contributed by atoms with E-state index in [1.54, 1.807) is 0 Å². The summed E-state index contributed by atoms with van der Waals surface area (Å²) in [6.45, 7) is 12.8. The summed E-state index contributed by atoms with van der Waals surface area (Å²) in [5.74, 6) is 0. The molecule has 134 valence electrons. The van der Waals surface area contributed by atoms with Crippen LogP contribution in [0.25, 0.3) is 0 Å². The van der Waals surface area contributed by atoms with Crippen LogP contribution in [0.5, 0.6) is 0 Å². The second-order valence-electron chi connectivity index (χ2n) is 7.08. The summed E-state index contributed by atoms with van der Waals surface area (Å²) in [6.07, 6.45) is 0. The summed E-state index contributed by atoms with van der Waals surface area (Å²) in [4.78, 5) is 0. The van der Waals surface area contributed by atoms with E-state index in [-0.39, 0.29) is 0 Å². The number of hydrogen-bond acceptors (Lipinski definition) is 3. The Kier molecular flexibility index (Phi) is 6.77. The maximum absolute atomic E-state index is 6.89. The molecule has 2 radical (unpaired) electrons. The standard InChI is InChI=1S/C18H28O3Si4/c1-22-19-23(2,3)20-24(4,5)21-25(6,17-13-9-7-10-14-17)18-15-11-8-12-16-18/h7-16H,1-6H3. The fraction of sp³-hybridized carbons (Fsp3) is 0.333. The van der Waals surface area contributed by atoms with Crippen LogP contribution in [0, 0.1) is 0 Å². The molecule has 0 unspecified atom stereocenters. The molecular formula is C18H28O3Si4. The molecule has 0 spiro atoms. The third-order valence-corrected chi connectivity index (χ3v) is 17.1. The van der Waals surface area contributed by atoms with Crippen LogP contribution in [0.4, 0.5) is 0 Å². The number of hydrogen-bond donors (Lipinski definition) is 0. The summed E-state index contributed by atoms with van der Waals surface area (Å²) in [5, 5.41) is 2.53. The summed E-state index contributed by atoms with van der Waals surface area (Å²) < 4.78 is 19.3. The summed E-state index contributed by atoms with van der Waals surface area (Å²) in [6, 6.07) is 21.1. The van der Waals surface area contributed by atoms with Gasteiger partial charge in [-0.1, -0.05) is 60.7 Å². The first-order valence-electron chi connectivity index (χ1n) is 8.55.